The molecule has 0 aromatic heterocycles. The molecular weight excluding hydrogens is 426 g/mol. The van der Waals surface area contributed by atoms with Gasteiger partial charge in [0.2, 0.25) is 0 Å². The van der Waals surface area contributed by atoms with Gasteiger partial charge in [-0.05, 0) is 57.2 Å². The minimum atomic E-state index is -3.92. The molecule has 0 heterocycles. The van der Waals surface area contributed by atoms with Gasteiger partial charge < -0.3 is 10.6 Å². The molecule has 0 spiro atoms. The van der Waals surface area contributed by atoms with E-state index in [1.165, 1.54) is 29.4 Å². The van der Waals surface area contributed by atoms with E-state index in [0.717, 1.165) is 9.79 Å². The number of hydrogen-bond donors (Lipinski definition) is 4. The van der Waals surface area contributed by atoms with E-state index in [0.29, 0.717) is 0 Å². The Kier molecular flexibility index (Phi) is 7.88. The van der Waals surface area contributed by atoms with Crippen LogP contribution < -0.4 is 16.1 Å². The molecule has 0 unspecified atom stereocenters. The minimum Gasteiger partial charge on any atom is -0.334 e. The van der Waals surface area contributed by atoms with E-state index < -0.39 is 39.1 Å². The minimum absolute atomic E-state index is 0.00804. The largest absolute Gasteiger partial charge is 0.334 e. The molecule has 2 aromatic rings. The molecule has 3 amide bonds. The van der Waals surface area contributed by atoms with Crippen LogP contribution in [0.5, 0.6) is 0 Å². The maximum Gasteiger partial charge on any atom is 0.315 e. The lowest BCUT2D eigenvalue weighted by Crippen LogP contribution is -2.55. The molecule has 0 saturated heterocycles. The smallest absolute Gasteiger partial charge is 0.315 e. The molecule has 4 N–H and O–H groups in total. The van der Waals surface area contributed by atoms with Gasteiger partial charge in [-0.25, -0.2) is 18.7 Å². The lowest BCUT2D eigenvalue weighted by Gasteiger charge is -2.23. The van der Waals surface area contributed by atoms with Crippen LogP contribution >= 0.6 is 11.8 Å². The number of hydroxylamine groups is 1. The predicted molar refractivity (Wildman–Crippen MR) is 114 cm³/mol. The van der Waals surface area contributed by atoms with Gasteiger partial charge in [0.25, 0.3) is 5.91 Å². The highest BCUT2D eigenvalue weighted by Crippen LogP contribution is 2.28. The van der Waals surface area contributed by atoms with Gasteiger partial charge in [-0.3, -0.25) is 10.0 Å². The first kappa shape index (κ1) is 23.7. The zero-order chi connectivity index (χ0) is 22.4. The molecule has 0 saturated carbocycles. The predicted octanol–water partition coefficient (Wildman–Crippen LogP) is 2.58. The fourth-order valence-corrected chi connectivity index (χ4v) is 4.71. The van der Waals surface area contributed by atoms with Crippen LogP contribution in [-0.4, -0.2) is 42.9 Å². The van der Waals surface area contributed by atoms with Crippen molar-refractivity contribution in [3.8, 4) is 0 Å². The van der Waals surface area contributed by atoms with E-state index in [4.69, 9.17) is 5.21 Å². The van der Waals surface area contributed by atoms with E-state index >= 15 is 0 Å². The summed E-state index contributed by atoms with van der Waals surface area (Å²) in [6.45, 7) is 5.21. The van der Waals surface area contributed by atoms with Crippen molar-refractivity contribution in [2.24, 2.45) is 0 Å². The van der Waals surface area contributed by atoms with Crippen molar-refractivity contribution < 1.29 is 23.2 Å². The van der Waals surface area contributed by atoms with Crippen LogP contribution in [0.3, 0.4) is 0 Å². The summed E-state index contributed by atoms with van der Waals surface area (Å²) in [4.78, 5) is 25.8. The van der Waals surface area contributed by atoms with Crippen LogP contribution in [0.15, 0.2) is 69.3 Å². The SMILES string of the molecule is CC(C)(C)NC(=O)N[C@@H](CS(=O)(=O)c1ccc(Sc2ccccc2)cc1)C(=O)NO. The summed E-state index contributed by atoms with van der Waals surface area (Å²) in [5.41, 5.74) is 0.807. The van der Waals surface area contributed by atoms with Crippen LogP contribution in [0, 0.1) is 0 Å². The number of carbonyl (C=O) groups is 2. The second-order valence-corrected chi connectivity index (χ2v) is 10.7. The van der Waals surface area contributed by atoms with Crippen LogP contribution in [0.25, 0.3) is 0 Å². The fraction of sp³-hybridized carbons (Fsp3) is 0.300. The molecule has 2 aromatic carbocycles. The van der Waals surface area contributed by atoms with E-state index in [-0.39, 0.29) is 4.90 Å². The van der Waals surface area contributed by atoms with Crippen molar-refractivity contribution in [2.75, 3.05) is 5.75 Å². The maximum atomic E-state index is 12.8. The Morgan fingerprint density at radius 2 is 1.57 bits per heavy atom. The highest BCUT2D eigenvalue weighted by atomic mass is 32.2. The average Bonchev–Trinajstić information content (AvgIpc) is 2.66. The third-order valence-corrected chi connectivity index (χ3v) is 6.55. The number of hydrogen-bond acceptors (Lipinski definition) is 6. The molecule has 0 aliphatic rings. The van der Waals surface area contributed by atoms with Crippen LogP contribution in [-0.2, 0) is 14.6 Å². The van der Waals surface area contributed by atoms with Crippen molar-refractivity contribution >= 4 is 33.5 Å². The zero-order valence-corrected chi connectivity index (χ0v) is 18.5. The second kappa shape index (κ2) is 9.96. The highest BCUT2D eigenvalue weighted by Gasteiger charge is 2.29. The van der Waals surface area contributed by atoms with Gasteiger partial charge in [-0.15, -0.1) is 0 Å². The molecule has 1 atom stereocenters. The zero-order valence-electron chi connectivity index (χ0n) is 16.9. The number of carbonyl (C=O) groups excluding carboxylic acids is 2. The summed E-state index contributed by atoms with van der Waals surface area (Å²) in [5, 5.41) is 13.8. The topological polar surface area (TPSA) is 125 Å². The van der Waals surface area contributed by atoms with Crippen LogP contribution in [0.1, 0.15) is 20.8 Å². The lowest BCUT2D eigenvalue weighted by molar-refractivity contribution is -0.130. The Labute approximate surface area is 180 Å². The van der Waals surface area contributed by atoms with Crippen molar-refractivity contribution in [3.63, 3.8) is 0 Å². The molecule has 0 bridgehead atoms. The number of rotatable bonds is 7. The number of urea groups is 1. The van der Waals surface area contributed by atoms with Gasteiger partial charge in [0.15, 0.2) is 9.84 Å². The lowest BCUT2D eigenvalue weighted by atomic mass is 10.1. The summed E-state index contributed by atoms with van der Waals surface area (Å²) in [6, 6.07) is 13.7. The molecule has 10 heteroatoms. The van der Waals surface area contributed by atoms with E-state index in [2.05, 4.69) is 10.6 Å². The van der Waals surface area contributed by atoms with Crippen molar-refractivity contribution in [2.45, 2.75) is 47.0 Å². The summed E-state index contributed by atoms with van der Waals surface area (Å²) in [6.07, 6.45) is 0. The summed E-state index contributed by atoms with van der Waals surface area (Å²) in [7, 11) is -3.92. The Hall–Kier alpha value is -2.56. The molecule has 30 heavy (non-hydrogen) atoms. The van der Waals surface area contributed by atoms with Crippen molar-refractivity contribution in [1.82, 2.24) is 16.1 Å². The van der Waals surface area contributed by atoms with Crippen molar-refractivity contribution in [1.29, 1.82) is 0 Å². The van der Waals surface area contributed by atoms with Gasteiger partial charge in [-0.1, -0.05) is 30.0 Å². The normalized spacial score (nSPS) is 12.7. The molecular formula is C20H25N3O5S2. The first-order valence-corrected chi connectivity index (χ1v) is 11.6. The second-order valence-electron chi connectivity index (χ2n) is 7.55. The standard InChI is InChI=1S/C20H25N3O5S2/c1-20(2,3)22-19(25)21-17(18(24)23-26)13-30(27,28)16-11-9-15(10-12-16)29-14-7-5-4-6-8-14/h4-12,17,26H,13H2,1-3H3,(H,23,24)(H2,21,22,25)/t17-/m0/s1. The first-order valence-electron chi connectivity index (χ1n) is 9.08. The van der Waals surface area contributed by atoms with Gasteiger partial charge in [0.05, 0.1) is 10.6 Å². The average molecular weight is 452 g/mol. The highest BCUT2D eigenvalue weighted by molar-refractivity contribution is 7.99. The quantitative estimate of drug-likeness (QED) is 0.379. The van der Waals surface area contributed by atoms with Crippen molar-refractivity contribution in [3.05, 3.63) is 54.6 Å². The Balaban J connectivity index is 2.13. The van der Waals surface area contributed by atoms with Gasteiger partial charge in [-0.2, -0.15) is 0 Å². The third-order valence-electron chi connectivity index (χ3n) is 3.77. The Bertz CT molecular complexity index is 972. The Morgan fingerprint density at radius 1 is 1.00 bits per heavy atom. The number of benzene rings is 2. The van der Waals surface area contributed by atoms with Gasteiger partial charge in [0, 0.05) is 15.3 Å². The van der Waals surface area contributed by atoms with E-state index in [9.17, 15) is 18.0 Å². The molecule has 0 radical (unpaired) electrons. The number of amides is 3. The van der Waals surface area contributed by atoms with E-state index in [1.54, 1.807) is 32.9 Å². The van der Waals surface area contributed by atoms with E-state index in [1.807, 2.05) is 30.3 Å². The summed E-state index contributed by atoms with van der Waals surface area (Å²) < 4.78 is 25.5. The third kappa shape index (κ3) is 7.36. The summed E-state index contributed by atoms with van der Waals surface area (Å²) in [5.74, 6) is -1.74. The Morgan fingerprint density at radius 3 is 2.10 bits per heavy atom. The molecule has 0 aliphatic carbocycles. The summed E-state index contributed by atoms with van der Waals surface area (Å²) >= 11 is 1.49. The molecule has 0 fully saturated rings. The monoisotopic (exact) mass is 451 g/mol. The van der Waals surface area contributed by atoms with Gasteiger partial charge in [0.1, 0.15) is 6.04 Å². The molecule has 0 aliphatic heterocycles. The van der Waals surface area contributed by atoms with Gasteiger partial charge >= 0.3 is 6.03 Å². The number of sulfone groups is 1. The van der Waals surface area contributed by atoms with Crippen LogP contribution in [0.4, 0.5) is 4.79 Å². The number of nitrogens with one attached hydrogen (secondary N) is 3. The fourth-order valence-electron chi connectivity index (χ4n) is 2.45. The molecule has 8 nitrogen and oxygen atoms in total. The van der Waals surface area contributed by atoms with Crippen LogP contribution in [0.2, 0.25) is 0 Å². The maximum absolute atomic E-state index is 12.8. The molecule has 2 rings (SSSR count). The first-order chi connectivity index (χ1) is 14.0. The molecule has 162 valence electrons.